The zero-order chi connectivity index (χ0) is 13.3. The molecule has 0 unspecified atom stereocenters. The zero-order valence-corrected chi connectivity index (χ0v) is 10.9. The molecule has 0 bridgehead atoms. The number of hydrogen-bond donors (Lipinski definition) is 0. The van der Waals surface area contributed by atoms with Gasteiger partial charge in [-0.05, 0) is 0 Å². The van der Waals surface area contributed by atoms with Crippen molar-refractivity contribution in [2.24, 2.45) is 0 Å². The van der Waals surface area contributed by atoms with E-state index in [4.69, 9.17) is 0 Å². The molecule has 0 spiro atoms. The first kappa shape index (κ1) is 15.8. The molecule has 0 fully saturated rings. The van der Waals surface area contributed by atoms with Gasteiger partial charge in [0.15, 0.2) is 0 Å². The van der Waals surface area contributed by atoms with Gasteiger partial charge in [0.1, 0.15) is 0 Å². The summed E-state index contributed by atoms with van der Waals surface area (Å²) in [6.45, 7) is 15.2. The van der Waals surface area contributed by atoms with Gasteiger partial charge in [-0.25, -0.2) is 0 Å². The van der Waals surface area contributed by atoms with Crippen LogP contribution in [0.25, 0.3) is 0 Å². The third-order valence-corrected chi connectivity index (χ3v) is 3.88. The van der Waals surface area contributed by atoms with E-state index in [-0.39, 0.29) is 26.2 Å². The molecule has 0 saturated heterocycles. The molecule has 0 aliphatic rings. The molecule has 0 amide bonds. The maximum Gasteiger partial charge on any atom is 0.283 e. The molecule has 96 valence electrons. The van der Waals surface area contributed by atoms with Crippen LogP contribution in [-0.2, 0) is 10.2 Å². The van der Waals surface area contributed by atoms with Crippen molar-refractivity contribution in [1.82, 2.24) is 8.61 Å². The number of nitrogens with zero attached hydrogens (tertiary/aromatic N) is 2. The maximum atomic E-state index is 12.3. The lowest BCUT2D eigenvalue weighted by atomic mass is 10.5. The van der Waals surface area contributed by atoms with Gasteiger partial charge in [-0.15, -0.1) is 26.3 Å². The van der Waals surface area contributed by atoms with Crippen molar-refractivity contribution in [1.29, 1.82) is 0 Å². The van der Waals surface area contributed by atoms with Gasteiger partial charge in [-0.1, -0.05) is 24.3 Å². The minimum atomic E-state index is -3.53. The molecule has 0 aliphatic heterocycles. The smallest absolute Gasteiger partial charge is 0.195 e. The summed E-state index contributed by atoms with van der Waals surface area (Å²) in [6.07, 6.45) is 6.17. The van der Waals surface area contributed by atoms with Crippen LogP contribution in [0.4, 0.5) is 0 Å². The van der Waals surface area contributed by atoms with Crippen LogP contribution in [0.1, 0.15) is 0 Å². The van der Waals surface area contributed by atoms with Crippen LogP contribution in [0.5, 0.6) is 0 Å². The molecule has 4 nitrogen and oxygen atoms in total. The fraction of sp³-hybridized carbons (Fsp3) is 0.333. The van der Waals surface area contributed by atoms with Crippen LogP contribution < -0.4 is 0 Å². The fourth-order valence-corrected chi connectivity index (χ4v) is 2.77. The van der Waals surface area contributed by atoms with Crippen molar-refractivity contribution < 1.29 is 8.42 Å². The standard InChI is InChI=1S/C12H20N2O2S/c1-5-9-13(10-6-2)17(15,16)14(11-7-3)12-8-4/h5-8H,1-4,9-12H2. The Morgan fingerprint density at radius 2 is 0.941 bits per heavy atom. The molecular formula is C12H20N2O2S. The Morgan fingerprint density at radius 3 is 1.12 bits per heavy atom. The molecule has 0 aromatic carbocycles. The highest BCUT2D eigenvalue weighted by atomic mass is 32.2. The zero-order valence-electron chi connectivity index (χ0n) is 10.1. The molecule has 0 rings (SSSR count). The Labute approximate surface area is 104 Å². The van der Waals surface area contributed by atoms with Crippen LogP contribution in [0.3, 0.4) is 0 Å². The third kappa shape index (κ3) is 4.68. The minimum absolute atomic E-state index is 0.249. The molecular weight excluding hydrogens is 236 g/mol. The van der Waals surface area contributed by atoms with Gasteiger partial charge >= 0.3 is 0 Å². The van der Waals surface area contributed by atoms with Crippen molar-refractivity contribution >= 4 is 10.2 Å². The Morgan fingerprint density at radius 1 is 0.706 bits per heavy atom. The van der Waals surface area contributed by atoms with Crippen molar-refractivity contribution in [2.75, 3.05) is 26.2 Å². The summed E-state index contributed by atoms with van der Waals surface area (Å²) in [4.78, 5) is 0. The minimum Gasteiger partial charge on any atom is -0.195 e. The second kappa shape index (κ2) is 8.00. The van der Waals surface area contributed by atoms with E-state index in [0.29, 0.717) is 0 Å². The van der Waals surface area contributed by atoms with E-state index in [1.165, 1.54) is 8.61 Å². The molecule has 0 saturated carbocycles. The van der Waals surface area contributed by atoms with Crippen LogP contribution in [0.15, 0.2) is 50.6 Å². The van der Waals surface area contributed by atoms with Gasteiger partial charge in [0.25, 0.3) is 10.2 Å². The van der Waals surface area contributed by atoms with E-state index in [9.17, 15) is 8.42 Å². The second-order valence-electron chi connectivity index (χ2n) is 3.30. The van der Waals surface area contributed by atoms with Crippen LogP contribution in [0.2, 0.25) is 0 Å². The number of rotatable bonds is 10. The summed E-state index contributed by atoms with van der Waals surface area (Å²) in [7, 11) is -3.53. The van der Waals surface area contributed by atoms with Gasteiger partial charge in [0, 0.05) is 26.2 Å². The first-order chi connectivity index (χ1) is 8.04. The average Bonchev–Trinajstić information content (AvgIpc) is 2.28. The summed E-state index contributed by atoms with van der Waals surface area (Å²) in [6, 6.07) is 0. The summed E-state index contributed by atoms with van der Waals surface area (Å²) in [5, 5.41) is 0. The summed E-state index contributed by atoms with van der Waals surface area (Å²) < 4.78 is 27.1. The van der Waals surface area contributed by atoms with Crippen molar-refractivity contribution in [3.8, 4) is 0 Å². The normalized spacial score (nSPS) is 11.4. The van der Waals surface area contributed by atoms with E-state index in [2.05, 4.69) is 26.3 Å². The second-order valence-corrected chi connectivity index (χ2v) is 5.22. The van der Waals surface area contributed by atoms with Gasteiger partial charge < -0.3 is 0 Å². The van der Waals surface area contributed by atoms with E-state index in [1.54, 1.807) is 24.3 Å². The summed E-state index contributed by atoms with van der Waals surface area (Å²) in [5.41, 5.74) is 0. The fourth-order valence-electron chi connectivity index (χ4n) is 1.27. The molecule has 0 aliphatic carbocycles. The van der Waals surface area contributed by atoms with Crippen molar-refractivity contribution in [2.45, 2.75) is 0 Å². The van der Waals surface area contributed by atoms with Gasteiger partial charge in [-0.2, -0.15) is 17.0 Å². The highest BCUT2D eigenvalue weighted by Gasteiger charge is 2.26. The molecule has 0 aromatic rings. The van der Waals surface area contributed by atoms with E-state index >= 15 is 0 Å². The molecule has 0 radical (unpaired) electrons. The van der Waals surface area contributed by atoms with Crippen LogP contribution in [-0.4, -0.2) is 43.2 Å². The highest BCUT2D eigenvalue weighted by molar-refractivity contribution is 7.86. The lowest BCUT2D eigenvalue weighted by molar-refractivity contribution is 0.394. The van der Waals surface area contributed by atoms with E-state index < -0.39 is 10.2 Å². The lowest BCUT2D eigenvalue weighted by Gasteiger charge is -2.27. The average molecular weight is 256 g/mol. The van der Waals surface area contributed by atoms with Gasteiger partial charge in [0.05, 0.1) is 0 Å². The Hall–Kier alpha value is -1.17. The van der Waals surface area contributed by atoms with Crippen LogP contribution in [0, 0.1) is 0 Å². The maximum absolute atomic E-state index is 12.3. The first-order valence-corrected chi connectivity index (χ1v) is 6.63. The van der Waals surface area contributed by atoms with Crippen LogP contribution >= 0.6 is 0 Å². The predicted octanol–water partition coefficient (Wildman–Crippen LogP) is 1.58. The topological polar surface area (TPSA) is 40.6 Å². The quantitative estimate of drug-likeness (QED) is 0.557. The molecule has 0 heterocycles. The predicted molar refractivity (Wildman–Crippen MR) is 72.9 cm³/mol. The molecule has 0 atom stereocenters. The highest BCUT2D eigenvalue weighted by Crippen LogP contribution is 2.08. The van der Waals surface area contributed by atoms with E-state index in [1.807, 2.05) is 0 Å². The molecule has 17 heavy (non-hydrogen) atoms. The number of hydrogen-bond acceptors (Lipinski definition) is 2. The first-order valence-electron chi connectivity index (χ1n) is 5.23. The Balaban J connectivity index is 5.10. The molecule has 0 aromatic heterocycles. The lowest BCUT2D eigenvalue weighted by Crippen LogP contribution is -2.44. The summed E-state index contributed by atoms with van der Waals surface area (Å²) >= 11 is 0. The molecule has 0 N–H and O–H groups in total. The largest absolute Gasteiger partial charge is 0.283 e. The van der Waals surface area contributed by atoms with Crippen molar-refractivity contribution in [3.05, 3.63) is 50.6 Å². The summed E-state index contributed by atoms with van der Waals surface area (Å²) in [5.74, 6) is 0. The van der Waals surface area contributed by atoms with Crippen molar-refractivity contribution in [3.63, 3.8) is 0 Å². The monoisotopic (exact) mass is 256 g/mol. The van der Waals surface area contributed by atoms with Gasteiger partial charge in [0.2, 0.25) is 0 Å². The van der Waals surface area contributed by atoms with E-state index in [0.717, 1.165) is 0 Å². The molecule has 5 heteroatoms. The van der Waals surface area contributed by atoms with Gasteiger partial charge in [-0.3, -0.25) is 0 Å². The SMILES string of the molecule is C=CCN(CC=C)S(=O)(=O)N(CC=C)CC=C. The Kier molecular flexibility index (Phi) is 7.45. The Bertz CT molecular complexity index is 324. The third-order valence-electron chi connectivity index (χ3n) is 1.98.